The van der Waals surface area contributed by atoms with E-state index in [2.05, 4.69) is 4.98 Å². The van der Waals surface area contributed by atoms with Gasteiger partial charge in [0.15, 0.2) is 0 Å². The van der Waals surface area contributed by atoms with Crippen molar-refractivity contribution in [2.75, 3.05) is 7.11 Å². The van der Waals surface area contributed by atoms with Crippen LogP contribution in [0.1, 0.15) is 36.8 Å². The van der Waals surface area contributed by atoms with Crippen LogP contribution in [0, 0.1) is 6.92 Å². The summed E-state index contributed by atoms with van der Waals surface area (Å²) in [5.41, 5.74) is 7.50. The summed E-state index contributed by atoms with van der Waals surface area (Å²) in [6.45, 7) is 1.96. The number of aromatic nitrogens is 1. The molecular weight excluding hydrogens is 260 g/mol. The molecule has 2 N–H and O–H groups in total. The Hall–Kier alpha value is -1.20. The molecule has 19 heavy (non-hydrogen) atoms. The third-order valence-electron chi connectivity index (χ3n) is 3.56. The zero-order valence-electron chi connectivity index (χ0n) is 11.4. The van der Waals surface area contributed by atoms with E-state index in [-0.39, 0.29) is 12.2 Å². The van der Waals surface area contributed by atoms with Crippen molar-refractivity contribution in [2.45, 2.75) is 44.8 Å². The second-order valence-corrected chi connectivity index (χ2v) is 5.38. The van der Waals surface area contributed by atoms with Crippen LogP contribution in [0.4, 0.5) is 0 Å². The molecule has 0 spiro atoms. The van der Waals surface area contributed by atoms with Crippen molar-refractivity contribution in [3.8, 4) is 5.88 Å². The molecule has 4 nitrogen and oxygen atoms in total. The van der Waals surface area contributed by atoms with E-state index < -0.39 is 0 Å². The van der Waals surface area contributed by atoms with Gasteiger partial charge in [-0.2, -0.15) is 0 Å². The average molecular weight is 280 g/mol. The van der Waals surface area contributed by atoms with Gasteiger partial charge < -0.3 is 15.2 Å². The molecular formula is C14H20N2O2S. The summed E-state index contributed by atoms with van der Waals surface area (Å²) >= 11 is 5.08. The highest BCUT2D eigenvalue weighted by atomic mass is 32.1. The SMILES string of the molecule is COC1CCCC(Oc2nccc(C)c2C(N)=S)C1. The molecule has 0 aromatic carbocycles. The van der Waals surface area contributed by atoms with Crippen LogP contribution in [0.5, 0.6) is 5.88 Å². The predicted molar refractivity (Wildman–Crippen MR) is 78.5 cm³/mol. The molecule has 0 saturated heterocycles. The summed E-state index contributed by atoms with van der Waals surface area (Å²) in [5, 5.41) is 0. The van der Waals surface area contributed by atoms with E-state index in [0.717, 1.165) is 36.8 Å². The molecule has 1 aromatic rings. The number of rotatable bonds is 4. The lowest BCUT2D eigenvalue weighted by Gasteiger charge is -2.28. The van der Waals surface area contributed by atoms with Crippen LogP contribution in [0.25, 0.3) is 0 Å². The number of hydrogen-bond donors (Lipinski definition) is 1. The Balaban J connectivity index is 2.14. The van der Waals surface area contributed by atoms with Crippen LogP contribution < -0.4 is 10.5 Å². The maximum absolute atomic E-state index is 6.00. The predicted octanol–water partition coefficient (Wildman–Crippen LogP) is 2.36. The Kier molecular flexibility index (Phi) is 4.71. The van der Waals surface area contributed by atoms with Crippen LogP contribution >= 0.6 is 12.2 Å². The molecule has 2 atom stereocenters. The second-order valence-electron chi connectivity index (χ2n) is 4.94. The molecule has 104 valence electrons. The van der Waals surface area contributed by atoms with Crippen molar-refractivity contribution in [3.63, 3.8) is 0 Å². The standard InChI is InChI=1S/C14H20N2O2S/c1-9-6-7-16-14(12(9)13(15)19)18-11-5-3-4-10(8-11)17-2/h6-7,10-11H,3-5,8H2,1-2H3,(H2,15,19). The molecule has 2 unspecified atom stereocenters. The summed E-state index contributed by atoms with van der Waals surface area (Å²) < 4.78 is 11.4. The molecule has 0 aliphatic heterocycles. The molecule has 1 saturated carbocycles. The van der Waals surface area contributed by atoms with Gasteiger partial charge in [0.25, 0.3) is 0 Å². The Morgan fingerprint density at radius 2 is 2.16 bits per heavy atom. The first-order valence-electron chi connectivity index (χ1n) is 6.56. The fraction of sp³-hybridized carbons (Fsp3) is 0.571. The number of nitrogens with zero attached hydrogens (tertiary/aromatic N) is 1. The average Bonchev–Trinajstić information content (AvgIpc) is 2.38. The van der Waals surface area contributed by atoms with Gasteiger partial charge in [0.05, 0.1) is 11.7 Å². The van der Waals surface area contributed by atoms with Gasteiger partial charge >= 0.3 is 0 Å². The van der Waals surface area contributed by atoms with Gasteiger partial charge in [0, 0.05) is 19.7 Å². The summed E-state index contributed by atoms with van der Waals surface area (Å²) in [4.78, 5) is 4.61. The van der Waals surface area contributed by atoms with E-state index in [4.69, 9.17) is 27.4 Å². The number of ether oxygens (including phenoxy) is 2. The maximum atomic E-state index is 6.00. The van der Waals surface area contributed by atoms with Gasteiger partial charge in [-0.25, -0.2) is 4.98 Å². The first-order chi connectivity index (χ1) is 9.11. The number of aryl methyl sites for hydroxylation is 1. The Labute approximate surface area is 119 Å². The van der Waals surface area contributed by atoms with E-state index in [1.54, 1.807) is 13.3 Å². The van der Waals surface area contributed by atoms with Crippen molar-refractivity contribution in [2.24, 2.45) is 5.73 Å². The monoisotopic (exact) mass is 280 g/mol. The number of methoxy groups -OCH3 is 1. The van der Waals surface area contributed by atoms with Crippen LogP contribution in [0.3, 0.4) is 0 Å². The molecule has 1 aromatic heterocycles. The first-order valence-corrected chi connectivity index (χ1v) is 6.97. The van der Waals surface area contributed by atoms with Gasteiger partial charge in [-0.1, -0.05) is 12.2 Å². The van der Waals surface area contributed by atoms with E-state index in [1.807, 2.05) is 13.0 Å². The van der Waals surface area contributed by atoms with Crippen LogP contribution in [-0.4, -0.2) is 29.3 Å². The van der Waals surface area contributed by atoms with Crippen molar-refractivity contribution in [1.82, 2.24) is 4.98 Å². The molecule has 1 fully saturated rings. The molecule has 1 aliphatic carbocycles. The molecule has 1 aliphatic rings. The smallest absolute Gasteiger partial charge is 0.224 e. The van der Waals surface area contributed by atoms with Gasteiger partial charge in [0.2, 0.25) is 5.88 Å². The van der Waals surface area contributed by atoms with Crippen LogP contribution in [0.15, 0.2) is 12.3 Å². The third-order valence-corrected chi connectivity index (χ3v) is 3.76. The van der Waals surface area contributed by atoms with Crippen molar-refractivity contribution in [3.05, 3.63) is 23.4 Å². The summed E-state index contributed by atoms with van der Waals surface area (Å²) in [5.74, 6) is 0.550. The van der Waals surface area contributed by atoms with Gasteiger partial charge in [-0.3, -0.25) is 0 Å². The molecule has 0 amide bonds. The van der Waals surface area contributed by atoms with Crippen molar-refractivity contribution >= 4 is 17.2 Å². The fourth-order valence-corrected chi connectivity index (χ4v) is 2.75. The quantitative estimate of drug-likeness (QED) is 0.858. The fourth-order valence-electron chi connectivity index (χ4n) is 2.50. The second kappa shape index (κ2) is 6.30. The summed E-state index contributed by atoms with van der Waals surface area (Å²) in [6, 6.07) is 1.89. The molecule has 1 heterocycles. The van der Waals surface area contributed by atoms with E-state index in [1.165, 1.54) is 0 Å². The molecule has 0 radical (unpaired) electrons. The molecule has 0 bridgehead atoms. The normalized spacial score (nSPS) is 23.1. The zero-order valence-corrected chi connectivity index (χ0v) is 12.2. The highest BCUT2D eigenvalue weighted by molar-refractivity contribution is 7.80. The highest BCUT2D eigenvalue weighted by Crippen LogP contribution is 2.27. The minimum atomic E-state index is 0.126. The number of thiocarbonyl (C=S) groups is 1. The molecule has 2 rings (SSSR count). The zero-order chi connectivity index (χ0) is 13.8. The Bertz CT molecular complexity index is 465. The van der Waals surface area contributed by atoms with Crippen molar-refractivity contribution in [1.29, 1.82) is 0 Å². The minimum absolute atomic E-state index is 0.126. The maximum Gasteiger partial charge on any atom is 0.224 e. The molecule has 5 heteroatoms. The van der Waals surface area contributed by atoms with Crippen LogP contribution in [-0.2, 0) is 4.74 Å². The number of nitrogens with two attached hydrogens (primary N) is 1. The van der Waals surface area contributed by atoms with E-state index >= 15 is 0 Å². The van der Waals surface area contributed by atoms with Gasteiger partial charge in [-0.05, 0) is 37.8 Å². The van der Waals surface area contributed by atoms with Gasteiger partial charge in [-0.15, -0.1) is 0 Å². The number of pyridine rings is 1. The lowest BCUT2D eigenvalue weighted by Crippen LogP contribution is -2.30. The topological polar surface area (TPSA) is 57.4 Å². The van der Waals surface area contributed by atoms with Gasteiger partial charge in [0.1, 0.15) is 11.1 Å². The van der Waals surface area contributed by atoms with E-state index in [9.17, 15) is 0 Å². The summed E-state index contributed by atoms with van der Waals surface area (Å²) in [6.07, 6.45) is 6.24. The third kappa shape index (κ3) is 3.42. The van der Waals surface area contributed by atoms with Crippen LogP contribution in [0.2, 0.25) is 0 Å². The van der Waals surface area contributed by atoms with Crippen molar-refractivity contribution < 1.29 is 9.47 Å². The minimum Gasteiger partial charge on any atom is -0.474 e. The Morgan fingerprint density at radius 1 is 1.42 bits per heavy atom. The number of hydrogen-bond acceptors (Lipinski definition) is 4. The summed E-state index contributed by atoms with van der Waals surface area (Å²) in [7, 11) is 1.75. The first kappa shape index (κ1) is 14.2. The lowest BCUT2D eigenvalue weighted by atomic mass is 9.95. The highest BCUT2D eigenvalue weighted by Gasteiger charge is 2.24. The lowest BCUT2D eigenvalue weighted by molar-refractivity contribution is 0.0194. The Morgan fingerprint density at radius 3 is 2.84 bits per heavy atom. The largest absolute Gasteiger partial charge is 0.474 e. The van der Waals surface area contributed by atoms with E-state index in [0.29, 0.717) is 10.9 Å².